The zero-order valence-corrected chi connectivity index (χ0v) is 14.3. The summed E-state index contributed by atoms with van der Waals surface area (Å²) in [5.74, 6) is 0. The molecule has 0 radical (unpaired) electrons. The Morgan fingerprint density at radius 3 is 2.88 bits per heavy atom. The summed E-state index contributed by atoms with van der Waals surface area (Å²) in [6.07, 6.45) is 3.57. The maximum Gasteiger partial charge on any atom is 0.405 e. The van der Waals surface area contributed by atoms with Crippen molar-refractivity contribution in [3.63, 3.8) is 0 Å². The number of hydrogen-bond donors (Lipinski definition) is 2. The predicted octanol–water partition coefficient (Wildman–Crippen LogP) is 4.79. The van der Waals surface area contributed by atoms with Gasteiger partial charge in [0.25, 0.3) is 0 Å². The Hall–Kier alpha value is -2.88. The molecule has 25 heavy (non-hydrogen) atoms. The van der Waals surface area contributed by atoms with Gasteiger partial charge in [0.15, 0.2) is 0 Å². The number of amides is 1. The standard InChI is InChI=1S/C21H20N2O2/c1-21(2)11-15-10-13(6-7-18(15)19(21)23-20(24)25)16-5-3-4-14-12-22-9-8-17(14)16/h3-10,12,19,23H,11H2,1-2H3,(H,24,25). The smallest absolute Gasteiger partial charge is 0.405 e. The molecule has 1 aliphatic rings. The SMILES string of the molecule is CC1(C)Cc2cc(-c3cccc4cnccc34)ccc2C1NC(=O)O. The predicted molar refractivity (Wildman–Crippen MR) is 98.6 cm³/mol. The molecule has 1 aliphatic carbocycles. The lowest BCUT2D eigenvalue weighted by Crippen LogP contribution is -2.34. The van der Waals surface area contributed by atoms with E-state index in [4.69, 9.17) is 5.11 Å². The van der Waals surface area contributed by atoms with E-state index in [1.54, 1.807) is 0 Å². The lowest BCUT2D eigenvalue weighted by molar-refractivity contribution is 0.175. The summed E-state index contributed by atoms with van der Waals surface area (Å²) in [5.41, 5.74) is 4.49. The van der Waals surface area contributed by atoms with Gasteiger partial charge in [0.2, 0.25) is 0 Å². The molecule has 1 amide bonds. The average Bonchev–Trinajstić information content (AvgIpc) is 2.83. The van der Waals surface area contributed by atoms with E-state index >= 15 is 0 Å². The third kappa shape index (κ3) is 2.64. The van der Waals surface area contributed by atoms with Gasteiger partial charge in [0.05, 0.1) is 6.04 Å². The minimum Gasteiger partial charge on any atom is -0.465 e. The molecule has 4 rings (SSSR count). The third-order valence-corrected chi connectivity index (χ3v) is 5.14. The molecule has 0 bridgehead atoms. The Balaban J connectivity index is 1.82. The third-order valence-electron chi connectivity index (χ3n) is 5.14. The fourth-order valence-electron chi connectivity index (χ4n) is 3.99. The fourth-order valence-corrected chi connectivity index (χ4v) is 3.99. The number of fused-ring (bicyclic) bond motifs is 2. The minimum atomic E-state index is -0.975. The molecule has 1 aromatic heterocycles. The van der Waals surface area contributed by atoms with Crippen LogP contribution in [0.4, 0.5) is 4.79 Å². The number of hydrogen-bond acceptors (Lipinski definition) is 2. The zero-order valence-electron chi connectivity index (χ0n) is 14.3. The van der Waals surface area contributed by atoms with Gasteiger partial charge in [-0.2, -0.15) is 0 Å². The molecule has 1 unspecified atom stereocenters. The molecule has 1 atom stereocenters. The van der Waals surface area contributed by atoms with Crippen molar-refractivity contribution in [1.29, 1.82) is 0 Å². The van der Waals surface area contributed by atoms with Crippen molar-refractivity contribution in [2.24, 2.45) is 5.41 Å². The van der Waals surface area contributed by atoms with E-state index in [1.807, 2.05) is 24.5 Å². The molecule has 0 fully saturated rings. The van der Waals surface area contributed by atoms with Crippen LogP contribution in [0, 0.1) is 5.41 Å². The van der Waals surface area contributed by atoms with E-state index in [1.165, 1.54) is 16.5 Å². The van der Waals surface area contributed by atoms with Crippen LogP contribution in [-0.4, -0.2) is 16.2 Å². The van der Waals surface area contributed by atoms with Gasteiger partial charge in [-0.05, 0) is 45.5 Å². The number of carbonyl (C=O) groups is 1. The van der Waals surface area contributed by atoms with Gasteiger partial charge >= 0.3 is 6.09 Å². The van der Waals surface area contributed by atoms with Crippen LogP contribution in [0.2, 0.25) is 0 Å². The van der Waals surface area contributed by atoms with E-state index in [-0.39, 0.29) is 11.5 Å². The summed E-state index contributed by atoms with van der Waals surface area (Å²) >= 11 is 0. The van der Waals surface area contributed by atoms with Gasteiger partial charge in [0.1, 0.15) is 0 Å². The van der Waals surface area contributed by atoms with Gasteiger partial charge in [-0.15, -0.1) is 0 Å². The van der Waals surface area contributed by atoms with Crippen molar-refractivity contribution < 1.29 is 9.90 Å². The van der Waals surface area contributed by atoms with E-state index in [0.29, 0.717) is 0 Å². The highest BCUT2D eigenvalue weighted by Gasteiger charge is 2.40. The summed E-state index contributed by atoms with van der Waals surface area (Å²) in [7, 11) is 0. The van der Waals surface area contributed by atoms with E-state index < -0.39 is 6.09 Å². The highest BCUT2D eigenvalue weighted by molar-refractivity contribution is 5.96. The Morgan fingerprint density at radius 2 is 2.08 bits per heavy atom. The van der Waals surface area contributed by atoms with Crippen LogP contribution < -0.4 is 5.32 Å². The largest absolute Gasteiger partial charge is 0.465 e. The first-order valence-electron chi connectivity index (χ1n) is 8.41. The molecule has 2 N–H and O–H groups in total. The first kappa shape index (κ1) is 15.6. The zero-order chi connectivity index (χ0) is 17.6. The van der Waals surface area contributed by atoms with E-state index in [2.05, 4.69) is 54.5 Å². The summed E-state index contributed by atoms with van der Waals surface area (Å²) in [4.78, 5) is 15.4. The van der Waals surface area contributed by atoms with Gasteiger partial charge in [-0.25, -0.2) is 4.79 Å². The van der Waals surface area contributed by atoms with Gasteiger partial charge in [0, 0.05) is 17.8 Å². The highest BCUT2D eigenvalue weighted by Crippen LogP contribution is 2.46. The molecule has 3 aromatic rings. The first-order chi connectivity index (χ1) is 12.0. The fraction of sp³-hybridized carbons (Fsp3) is 0.238. The molecule has 1 heterocycles. The van der Waals surface area contributed by atoms with Crippen LogP contribution in [0.15, 0.2) is 54.9 Å². The number of nitrogens with one attached hydrogen (secondary N) is 1. The molecule has 0 saturated heterocycles. The summed E-state index contributed by atoms with van der Waals surface area (Å²) in [6.45, 7) is 4.22. The Bertz CT molecular complexity index is 973. The summed E-state index contributed by atoms with van der Waals surface area (Å²) < 4.78 is 0. The molecule has 0 spiro atoms. The average molecular weight is 332 g/mol. The van der Waals surface area contributed by atoms with Crippen LogP contribution in [0.1, 0.15) is 31.0 Å². The minimum absolute atomic E-state index is 0.137. The monoisotopic (exact) mass is 332 g/mol. The quantitative estimate of drug-likeness (QED) is 0.709. The number of benzene rings is 2. The normalized spacial score (nSPS) is 18.1. The number of pyridine rings is 1. The highest BCUT2D eigenvalue weighted by atomic mass is 16.4. The van der Waals surface area contributed by atoms with Crippen molar-refractivity contribution in [3.8, 4) is 11.1 Å². The molecule has 0 aliphatic heterocycles. The van der Waals surface area contributed by atoms with E-state index in [9.17, 15) is 4.79 Å². The Labute approximate surface area is 146 Å². The van der Waals surface area contributed by atoms with Crippen molar-refractivity contribution in [3.05, 3.63) is 66.0 Å². The van der Waals surface area contributed by atoms with Crippen LogP contribution in [0.5, 0.6) is 0 Å². The maximum absolute atomic E-state index is 11.2. The lowest BCUT2D eigenvalue weighted by Gasteiger charge is -2.27. The Morgan fingerprint density at radius 1 is 1.24 bits per heavy atom. The van der Waals surface area contributed by atoms with Gasteiger partial charge in [-0.3, -0.25) is 4.98 Å². The molecule has 126 valence electrons. The molecule has 0 saturated carbocycles. The van der Waals surface area contributed by atoms with E-state index in [0.717, 1.165) is 22.9 Å². The molecule has 2 aromatic carbocycles. The van der Waals surface area contributed by atoms with Gasteiger partial charge in [-0.1, -0.05) is 50.2 Å². The second-order valence-corrected chi connectivity index (χ2v) is 7.36. The van der Waals surface area contributed by atoms with Crippen LogP contribution in [0.25, 0.3) is 21.9 Å². The molecular formula is C21H20N2O2. The Kier molecular flexibility index (Phi) is 3.49. The number of rotatable bonds is 2. The molecule has 4 heteroatoms. The number of carboxylic acid groups (broad SMARTS) is 1. The van der Waals surface area contributed by atoms with Crippen molar-refractivity contribution in [1.82, 2.24) is 10.3 Å². The first-order valence-corrected chi connectivity index (χ1v) is 8.41. The van der Waals surface area contributed by atoms with Crippen molar-refractivity contribution in [2.75, 3.05) is 0 Å². The van der Waals surface area contributed by atoms with Crippen LogP contribution in [0.3, 0.4) is 0 Å². The topological polar surface area (TPSA) is 62.2 Å². The van der Waals surface area contributed by atoms with Gasteiger partial charge < -0.3 is 10.4 Å². The van der Waals surface area contributed by atoms with Crippen molar-refractivity contribution in [2.45, 2.75) is 26.3 Å². The van der Waals surface area contributed by atoms with Crippen LogP contribution >= 0.6 is 0 Å². The summed E-state index contributed by atoms with van der Waals surface area (Å²) in [5, 5.41) is 14.1. The maximum atomic E-state index is 11.2. The molecular weight excluding hydrogens is 312 g/mol. The number of nitrogens with zero attached hydrogens (tertiary/aromatic N) is 1. The number of aromatic nitrogens is 1. The summed E-state index contributed by atoms with van der Waals surface area (Å²) in [6, 6.07) is 14.5. The second kappa shape index (κ2) is 5.59. The van der Waals surface area contributed by atoms with Crippen molar-refractivity contribution >= 4 is 16.9 Å². The second-order valence-electron chi connectivity index (χ2n) is 7.36. The van der Waals surface area contributed by atoms with Crippen LogP contribution in [-0.2, 0) is 6.42 Å². The molecule has 4 nitrogen and oxygen atoms in total. The lowest BCUT2D eigenvalue weighted by atomic mass is 9.85.